The summed E-state index contributed by atoms with van der Waals surface area (Å²) in [5.41, 5.74) is -0.221. The maximum absolute atomic E-state index is 12.0. The number of hydrogen-bond acceptors (Lipinski definition) is 4. The SMILES string of the molecule is CNC(=O)c1ccc([N+](=O)[O-])c(OCF)c1. The second kappa shape index (κ2) is 5.06. The van der Waals surface area contributed by atoms with Crippen LogP contribution >= 0.6 is 0 Å². The third kappa shape index (κ3) is 2.44. The van der Waals surface area contributed by atoms with Crippen molar-refractivity contribution in [2.75, 3.05) is 13.9 Å². The van der Waals surface area contributed by atoms with Crippen LogP contribution in [0.3, 0.4) is 0 Å². The highest BCUT2D eigenvalue weighted by atomic mass is 19.1. The number of alkyl halides is 1. The van der Waals surface area contributed by atoms with E-state index in [1.165, 1.54) is 13.1 Å². The number of carbonyl (C=O) groups excluding carboxylic acids is 1. The molecule has 7 heteroatoms. The van der Waals surface area contributed by atoms with Crippen LogP contribution in [0.5, 0.6) is 5.75 Å². The molecule has 0 radical (unpaired) electrons. The van der Waals surface area contributed by atoms with Crippen LogP contribution < -0.4 is 10.1 Å². The molecule has 1 amide bonds. The molecule has 1 aromatic rings. The summed E-state index contributed by atoms with van der Waals surface area (Å²) in [6.07, 6.45) is 0. The van der Waals surface area contributed by atoms with Crippen molar-refractivity contribution < 1.29 is 18.8 Å². The maximum Gasteiger partial charge on any atom is 0.311 e. The van der Waals surface area contributed by atoms with Gasteiger partial charge in [-0.25, -0.2) is 4.39 Å². The van der Waals surface area contributed by atoms with Gasteiger partial charge in [0.15, 0.2) is 0 Å². The number of amides is 1. The predicted molar refractivity (Wildman–Crippen MR) is 53.1 cm³/mol. The van der Waals surface area contributed by atoms with Gasteiger partial charge in [0.05, 0.1) is 4.92 Å². The van der Waals surface area contributed by atoms with Crippen molar-refractivity contribution in [1.29, 1.82) is 0 Å². The summed E-state index contributed by atoms with van der Waals surface area (Å²) in [6, 6.07) is 3.48. The van der Waals surface area contributed by atoms with Crippen LogP contribution in [0.1, 0.15) is 10.4 Å². The Bertz CT molecular complexity index is 422. The molecule has 0 aromatic heterocycles. The van der Waals surface area contributed by atoms with E-state index in [1.54, 1.807) is 0 Å². The topological polar surface area (TPSA) is 81.5 Å². The zero-order valence-corrected chi connectivity index (χ0v) is 8.40. The highest BCUT2D eigenvalue weighted by Gasteiger charge is 2.17. The Morgan fingerprint density at radius 2 is 2.31 bits per heavy atom. The number of nitrogens with zero attached hydrogens (tertiary/aromatic N) is 1. The maximum atomic E-state index is 12.0. The summed E-state index contributed by atoms with van der Waals surface area (Å²) < 4.78 is 16.4. The van der Waals surface area contributed by atoms with Crippen molar-refractivity contribution in [3.05, 3.63) is 33.9 Å². The average Bonchev–Trinajstić information content (AvgIpc) is 2.28. The summed E-state index contributed by atoms with van der Waals surface area (Å²) >= 11 is 0. The molecule has 0 aliphatic heterocycles. The molecule has 1 N–H and O–H groups in total. The van der Waals surface area contributed by atoms with E-state index in [0.717, 1.165) is 12.1 Å². The minimum atomic E-state index is -1.20. The predicted octanol–water partition coefficient (Wildman–Crippen LogP) is 1.26. The molecule has 0 bridgehead atoms. The van der Waals surface area contributed by atoms with Crippen molar-refractivity contribution in [3.8, 4) is 5.75 Å². The number of nitrogens with one attached hydrogen (secondary N) is 1. The highest BCUT2D eigenvalue weighted by molar-refractivity contribution is 5.94. The number of benzene rings is 1. The van der Waals surface area contributed by atoms with E-state index in [0.29, 0.717) is 0 Å². The lowest BCUT2D eigenvalue weighted by Crippen LogP contribution is -2.17. The fourth-order valence-electron chi connectivity index (χ4n) is 1.12. The molecule has 6 nitrogen and oxygen atoms in total. The number of hydrogen-bond donors (Lipinski definition) is 1. The van der Waals surface area contributed by atoms with Crippen LogP contribution in [0.25, 0.3) is 0 Å². The quantitative estimate of drug-likeness (QED) is 0.621. The third-order valence-corrected chi connectivity index (χ3v) is 1.86. The Morgan fingerprint density at radius 3 is 2.81 bits per heavy atom. The van der Waals surface area contributed by atoms with Gasteiger partial charge in [-0.2, -0.15) is 0 Å². The van der Waals surface area contributed by atoms with E-state index in [2.05, 4.69) is 10.1 Å². The van der Waals surface area contributed by atoms with E-state index in [-0.39, 0.29) is 17.0 Å². The minimum Gasteiger partial charge on any atom is -0.456 e. The van der Waals surface area contributed by atoms with Crippen molar-refractivity contribution in [2.45, 2.75) is 0 Å². The molecular formula is C9H9FN2O4. The first-order valence-electron chi connectivity index (χ1n) is 4.29. The van der Waals surface area contributed by atoms with Gasteiger partial charge in [-0.1, -0.05) is 0 Å². The van der Waals surface area contributed by atoms with Crippen molar-refractivity contribution in [2.24, 2.45) is 0 Å². The molecule has 1 aromatic carbocycles. The highest BCUT2D eigenvalue weighted by Crippen LogP contribution is 2.27. The van der Waals surface area contributed by atoms with Crippen LogP contribution in [0.4, 0.5) is 10.1 Å². The normalized spacial score (nSPS) is 9.62. The lowest BCUT2D eigenvalue weighted by molar-refractivity contribution is -0.386. The fraction of sp³-hybridized carbons (Fsp3) is 0.222. The molecule has 0 atom stereocenters. The number of nitro groups is 1. The summed E-state index contributed by atoms with van der Waals surface area (Å²) in [6.45, 7) is -1.20. The standard InChI is InChI=1S/C9H9FN2O4/c1-11-9(13)6-2-3-7(12(14)15)8(4-6)16-5-10/h2-4H,5H2,1H3,(H,11,13). The molecule has 0 spiro atoms. The largest absolute Gasteiger partial charge is 0.456 e. The Hall–Kier alpha value is -2.18. The van der Waals surface area contributed by atoms with Crippen LogP contribution in [0.15, 0.2) is 18.2 Å². The van der Waals surface area contributed by atoms with Gasteiger partial charge in [-0.15, -0.1) is 0 Å². The Labute approximate surface area is 90.2 Å². The van der Waals surface area contributed by atoms with Crippen LogP contribution in [0, 0.1) is 10.1 Å². The van der Waals surface area contributed by atoms with Crippen molar-refractivity contribution in [1.82, 2.24) is 5.32 Å². The van der Waals surface area contributed by atoms with Gasteiger partial charge in [0.2, 0.25) is 12.6 Å². The van der Waals surface area contributed by atoms with Crippen molar-refractivity contribution >= 4 is 11.6 Å². The van der Waals surface area contributed by atoms with Crippen LogP contribution in [0.2, 0.25) is 0 Å². The monoisotopic (exact) mass is 228 g/mol. The summed E-state index contributed by atoms with van der Waals surface area (Å²) in [4.78, 5) is 21.1. The fourth-order valence-corrected chi connectivity index (χ4v) is 1.12. The molecule has 0 fully saturated rings. The van der Waals surface area contributed by atoms with E-state index in [1.807, 2.05) is 0 Å². The van der Waals surface area contributed by atoms with Gasteiger partial charge in [0.25, 0.3) is 5.91 Å². The average molecular weight is 228 g/mol. The molecule has 0 saturated carbocycles. The summed E-state index contributed by atoms with van der Waals surface area (Å²) in [5, 5.41) is 12.9. The van der Waals surface area contributed by atoms with Gasteiger partial charge >= 0.3 is 5.69 Å². The summed E-state index contributed by atoms with van der Waals surface area (Å²) in [5.74, 6) is -0.702. The molecule has 0 heterocycles. The number of rotatable bonds is 4. The van der Waals surface area contributed by atoms with E-state index in [9.17, 15) is 19.3 Å². The van der Waals surface area contributed by atoms with Gasteiger partial charge in [-0.3, -0.25) is 14.9 Å². The first-order chi connectivity index (χ1) is 7.60. The van der Waals surface area contributed by atoms with Gasteiger partial charge in [0, 0.05) is 24.7 Å². The number of nitro benzene ring substituents is 1. The molecule has 0 saturated heterocycles. The first kappa shape index (κ1) is 11.9. The molecule has 0 aliphatic rings. The first-order valence-corrected chi connectivity index (χ1v) is 4.29. The molecule has 16 heavy (non-hydrogen) atoms. The zero-order chi connectivity index (χ0) is 12.1. The zero-order valence-electron chi connectivity index (χ0n) is 8.40. The van der Waals surface area contributed by atoms with Gasteiger partial charge in [-0.05, 0) is 6.07 Å². The Morgan fingerprint density at radius 1 is 1.62 bits per heavy atom. The minimum absolute atomic E-state index is 0.163. The number of halogens is 1. The van der Waals surface area contributed by atoms with Gasteiger partial charge in [0.1, 0.15) is 0 Å². The third-order valence-electron chi connectivity index (χ3n) is 1.86. The second-order valence-corrected chi connectivity index (χ2v) is 2.77. The van der Waals surface area contributed by atoms with Crippen LogP contribution in [-0.4, -0.2) is 24.7 Å². The lowest BCUT2D eigenvalue weighted by Gasteiger charge is -2.05. The number of ether oxygens (including phenoxy) is 1. The van der Waals surface area contributed by atoms with Gasteiger partial charge < -0.3 is 10.1 Å². The molecule has 0 unspecified atom stereocenters. The second-order valence-electron chi connectivity index (χ2n) is 2.77. The van der Waals surface area contributed by atoms with Crippen molar-refractivity contribution in [3.63, 3.8) is 0 Å². The molecule has 86 valence electrons. The Kier molecular flexibility index (Phi) is 3.76. The smallest absolute Gasteiger partial charge is 0.311 e. The van der Waals surface area contributed by atoms with E-state index >= 15 is 0 Å². The molecule has 0 aliphatic carbocycles. The summed E-state index contributed by atoms with van der Waals surface area (Å²) in [7, 11) is 1.42. The molecule has 1 rings (SSSR count). The van der Waals surface area contributed by atoms with Crippen LogP contribution in [-0.2, 0) is 0 Å². The number of carbonyl (C=O) groups is 1. The van der Waals surface area contributed by atoms with E-state index in [4.69, 9.17) is 0 Å². The molecular weight excluding hydrogens is 219 g/mol. The lowest BCUT2D eigenvalue weighted by atomic mass is 10.2. The van der Waals surface area contributed by atoms with E-state index < -0.39 is 17.7 Å². The Balaban J connectivity index is 3.16.